The average molecular weight is 507 g/mol. The first-order valence-corrected chi connectivity index (χ1v) is 11.9. The van der Waals surface area contributed by atoms with Crippen molar-refractivity contribution in [3.63, 3.8) is 0 Å². The molecule has 0 saturated carbocycles. The highest BCUT2D eigenvalue weighted by atomic mass is 79.9. The van der Waals surface area contributed by atoms with E-state index in [-0.39, 0.29) is 16.7 Å². The lowest BCUT2D eigenvalue weighted by Crippen LogP contribution is -2.29. The summed E-state index contributed by atoms with van der Waals surface area (Å²) >= 11 is 4.53. The SMILES string of the molecule is CCN1C(=O)/C(=C2/C(=O)Nc3c(Br)cccc32)S/C1=N\c1ccc(S(N)(=O)=O)cc1. The summed E-state index contributed by atoms with van der Waals surface area (Å²) < 4.78 is 23.6. The van der Waals surface area contributed by atoms with Gasteiger partial charge in [0.25, 0.3) is 11.8 Å². The second-order valence-corrected chi connectivity index (χ2v) is 9.80. The number of nitrogens with one attached hydrogen (secondary N) is 1. The summed E-state index contributed by atoms with van der Waals surface area (Å²) in [5.74, 6) is -0.650. The molecular formula is C19H15BrN4O4S2. The number of carbonyl (C=O) groups is 2. The maximum Gasteiger partial charge on any atom is 0.267 e. The summed E-state index contributed by atoms with van der Waals surface area (Å²) in [5, 5.41) is 8.32. The first-order valence-electron chi connectivity index (χ1n) is 8.76. The van der Waals surface area contributed by atoms with E-state index in [4.69, 9.17) is 5.14 Å². The quantitative estimate of drug-likeness (QED) is 0.619. The Morgan fingerprint density at radius 3 is 2.50 bits per heavy atom. The molecule has 30 heavy (non-hydrogen) atoms. The molecule has 154 valence electrons. The van der Waals surface area contributed by atoms with E-state index in [9.17, 15) is 18.0 Å². The topological polar surface area (TPSA) is 122 Å². The van der Waals surface area contributed by atoms with Crippen LogP contribution in [0.5, 0.6) is 0 Å². The van der Waals surface area contributed by atoms with Crippen LogP contribution in [0.25, 0.3) is 5.57 Å². The maximum absolute atomic E-state index is 13.0. The first kappa shape index (κ1) is 20.8. The third-order valence-corrected chi connectivity index (χ3v) is 7.21. The number of benzene rings is 2. The Kier molecular flexibility index (Phi) is 5.30. The Morgan fingerprint density at radius 2 is 1.87 bits per heavy atom. The van der Waals surface area contributed by atoms with Crippen LogP contribution in [0.15, 0.2) is 61.7 Å². The highest BCUT2D eigenvalue weighted by molar-refractivity contribution is 9.10. The number of fused-ring (bicyclic) bond motifs is 1. The minimum atomic E-state index is -3.80. The van der Waals surface area contributed by atoms with Crippen LogP contribution >= 0.6 is 27.7 Å². The number of nitrogens with two attached hydrogens (primary N) is 1. The van der Waals surface area contributed by atoms with Gasteiger partial charge >= 0.3 is 0 Å². The van der Waals surface area contributed by atoms with Crippen LogP contribution < -0.4 is 10.5 Å². The summed E-state index contributed by atoms with van der Waals surface area (Å²) in [5.41, 5.74) is 2.06. The van der Waals surface area contributed by atoms with Crippen molar-refractivity contribution in [2.45, 2.75) is 11.8 Å². The zero-order valence-corrected chi connectivity index (χ0v) is 18.8. The lowest BCUT2D eigenvalue weighted by Gasteiger charge is -2.12. The molecule has 8 nitrogen and oxygen atoms in total. The van der Waals surface area contributed by atoms with Crippen LogP contribution in [-0.4, -0.2) is 36.8 Å². The summed E-state index contributed by atoms with van der Waals surface area (Å²) in [6.45, 7) is 2.18. The second kappa shape index (κ2) is 7.65. The first-order chi connectivity index (χ1) is 14.2. The van der Waals surface area contributed by atoms with Gasteiger partial charge < -0.3 is 5.32 Å². The Hall–Kier alpha value is -2.47. The zero-order valence-electron chi connectivity index (χ0n) is 15.5. The van der Waals surface area contributed by atoms with Gasteiger partial charge in [-0.3, -0.25) is 14.5 Å². The molecule has 4 rings (SSSR count). The fourth-order valence-corrected chi connectivity index (χ4v) is 5.26. The molecule has 0 aliphatic carbocycles. The van der Waals surface area contributed by atoms with Gasteiger partial charge in [0.15, 0.2) is 5.17 Å². The zero-order chi connectivity index (χ0) is 21.6. The number of hydrogen-bond donors (Lipinski definition) is 2. The summed E-state index contributed by atoms with van der Waals surface area (Å²) in [6.07, 6.45) is 0. The predicted molar refractivity (Wildman–Crippen MR) is 120 cm³/mol. The standard InChI is InChI=1S/C19H15BrN4O4S2/c1-2-24-18(26)16(14-12-4-3-5-13(20)15(12)23-17(14)25)29-19(24)22-10-6-8-11(9-7-10)30(21,27)28/h3-9H,2H2,1H3,(H,23,25)(H2,21,27,28)/b16-14-,22-19-. The molecule has 0 atom stereocenters. The molecule has 2 aliphatic heterocycles. The number of rotatable bonds is 3. The van der Waals surface area contributed by atoms with E-state index < -0.39 is 10.0 Å². The number of likely N-dealkylation sites (N-methyl/N-ethyl adjacent to an activating group) is 1. The highest BCUT2D eigenvalue weighted by Crippen LogP contribution is 2.44. The molecule has 2 aromatic carbocycles. The molecule has 1 fully saturated rings. The molecule has 0 unspecified atom stereocenters. The fraction of sp³-hybridized carbons (Fsp3) is 0.105. The molecule has 2 amide bonds. The smallest absolute Gasteiger partial charge is 0.267 e. The van der Waals surface area contributed by atoms with Gasteiger partial charge in [-0.15, -0.1) is 0 Å². The van der Waals surface area contributed by atoms with E-state index in [0.29, 0.717) is 39.1 Å². The molecule has 2 heterocycles. The number of halogens is 1. The van der Waals surface area contributed by atoms with Gasteiger partial charge in [0.1, 0.15) is 0 Å². The molecule has 0 aromatic heterocycles. The van der Waals surface area contributed by atoms with Crippen LogP contribution in [0.4, 0.5) is 11.4 Å². The minimum Gasteiger partial charge on any atom is -0.320 e. The van der Waals surface area contributed by atoms with Gasteiger partial charge in [0.05, 0.1) is 26.7 Å². The Labute approximate surface area is 185 Å². The second-order valence-electron chi connectivity index (χ2n) is 6.41. The molecule has 0 bridgehead atoms. The van der Waals surface area contributed by atoms with Crippen molar-refractivity contribution in [1.82, 2.24) is 4.90 Å². The van der Waals surface area contributed by atoms with Gasteiger partial charge in [-0.25, -0.2) is 18.5 Å². The molecule has 11 heteroatoms. The monoisotopic (exact) mass is 506 g/mol. The number of thioether (sulfide) groups is 1. The normalized spacial score (nSPS) is 20.1. The predicted octanol–water partition coefficient (Wildman–Crippen LogP) is 3.04. The van der Waals surface area contributed by atoms with E-state index in [1.54, 1.807) is 12.1 Å². The van der Waals surface area contributed by atoms with Crippen LogP contribution in [0.3, 0.4) is 0 Å². The number of nitrogens with zero attached hydrogens (tertiary/aromatic N) is 2. The van der Waals surface area contributed by atoms with Gasteiger partial charge in [0.2, 0.25) is 10.0 Å². The van der Waals surface area contributed by atoms with E-state index in [0.717, 1.165) is 16.2 Å². The molecule has 2 aliphatic rings. The number of amidine groups is 1. The van der Waals surface area contributed by atoms with Crippen molar-refractivity contribution in [3.05, 3.63) is 57.4 Å². The van der Waals surface area contributed by atoms with Crippen molar-refractivity contribution in [1.29, 1.82) is 0 Å². The van der Waals surface area contributed by atoms with Gasteiger partial charge in [-0.2, -0.15) is 0 Å². The molecule has 3 N–H and O–H groups in total. The van der Waals surface area contributed by atoms with Crippen LogP contribution in [0.1, 0.15) is 12.5 Å². The number of carbonyl (C=O) groups excluding carboxylic acids is 2. The number of amides is 2. The van der Waals surface area contributed by atoms with Crippen LogP contribution in [0.2, 0.25) is 0 Å². The fourth-order valence-electron chi connectivity index (χ4n) is 3.12. The van der Waals surface area contributed by atoms with Gasteiger partial charge in [-0.05, 0) is 64.9 Å². The molecule has 0 radical (unpaired) electrons. The van der Waals surface area contributed by atoms with Crippen molar-refractivity contribution >= 4 is 71.6 Å². The van der Waals surface area contributed by atoms with Gasteiger partial charge in [-0.1, -0.05) is 12.1 Å². The van der Waals surface area contributed by atoms with Gasteiger partial charge in [0, 0.05) is 16.6 Å². The Morgan fingerprint density at radius 1 is 1.17 bits per heavy atom. The van der Waals surface area contributed by atoms with E-state index in [1.807, 2.05) is 13.0 Å². The van der Waals surface area contributed by atoms with Crippen molar-refractivity contribution < 1.29 is 18.0 Å². The number of aliphatic imine (C=N–C) groups is 1. The summed E-state index contributed by atoms with van der Waals surface area (Å²) in [7, 11) is -3.80. The minimum absolute atomic E-state index is 0.0263. The average Bonchev–Trinajstić information content (AvgIpc) is 3.18. The van der Waals surface area contributed by atoms with Crippen molar-refractivity contribution in [2.24, 2.45) is 10.1 Å². The third kappa shape index (κ3) is 3.58. The Bertz CT molecular complexity index is 1250. The van der Waals surface area contributed by atoms with Crippen molar-refractivity contribution in [3.8, 4) is 0 Å². The molecular weight excluding hydrogens is 492 g/mol. The maximum atomic E-state index is 13.0. The van der Waals surface area contributed by atoms with E-state index >= 15 is 0 Å². The van der Waals surface area contributed by atoms with Crippen LogP contribution in [-0.2, 0) is 19.6 Å². The summed E-state index contributed by atoms with van der Waals surface area (Å²) in [4.78, 5) is 31.9. The third-order valence-electron chi connectivity index (χ3n) is 4.55. The lowest BCUT2D eigenvalue weighted by molar-refractivity contribution is -0.122. The largest absolute Gasteiger partial charge is 0.320 e. The number of anilines is 1. The van der Waals surface area contributed by atoms with Crippen LogP contribution in [0, 0.1) is 0 Å². The number of sulfonamides is 1. The molecule has 0 spiro atoms. The van der Waals surface area contributed by atoms with E-state index in [2.05, 4.69) is 26.2 Å². The summed E-state index contributed by atoms with van der Waals surface area (Å²) in [6, 6.07) is 11.1. The molecule has 1 saturated heterocycles. The number of para-hydroxylation sites is 1. The van der Waals surface area contributed by atoms with Crippen molar-refractivity contribution in [2.75, 3.05) is 11.9 Å². The number of hydrogen-bond acceptors (Lipinski definition) is 6. The number of primary sulfonamides is 1. The highest BCUT2D eigenvalue weighted by Gasteiger charge is 2.39. The van der Waals surface area contributed by atoms with E-state index in [1.165, 1.54) is 29.2 Å². The lowest BCUT2D eigenvalue weighted by atomic mass is 10.1. The molecule has 2 aromatic rings. The Balaban J connectivity index is 1.76.